The molecule has 29 heteroatoms. The van der Waals surface area contributed by atoms with E-state index in [1.165, 1.54) is 22.7 Å². The van der Waals surface area contributed by atoms with Crippen molar-refractivity contribution >= 4 is 121 Å². The first-order valence-electron chi connectivity index (χ1n) is 38.1. The molecular formula is C82H108I2N12O10S4V. The number of hydrogen-bond acceptors (Lipinski definition) is 20. The van der Waals surface area contributed by atoms with Crippen LogP contribution in [0.1, 0.15) is 144 Å². The number of hydrogen-bond donors (Lipinski definition) is 4. The molecule has 0 spiro atoms. The third-order valence-electron chi connectivity index (χ3n) is 19.2. The molecular weight excluding hydrogens is 1750 g/mol. The predicted octanol–water partition coefficient (Wildman–Crippen LogP) is 16.0. The number of ether oxygens (including phenoxy) is 4. The summed E-state index contributed by atoms with van der Waals surface area (Å²) < 4.78 is 22.2. The van der Waals surface area contributed by atoms with Crippen LogP contribution < -0.4 is 21.3 Å². The van der Waals surface area contributed by atoms with E-state index in [9.17, 15) is 28.8 Å². The Labute approximate surface area is 700 Å². The molecule has 0 saturated carbocycles. The van der Waals surface area contributed by atoms with Crippen molar-refractivity contribution in [2.45, 2.75) is 167 Å². The minimum atomic E-state index is -0.650. The van der Waals surface area contributed by atoms with E-state index in [1.54, 1.807) is 70.0 Å². The molecule has 2 fully saturated rings. The summed E-state index contributed by atoms with van der Waals surface area (Å²) in [6.45, 7) is 16.7. The van der Waals surface area contributed by atoms with Crippen LogP contribution in [-0.4, -0.2) is 179 Å². The molecule has 0 radical (unpaired) electrons. The number of carbonyl (C=O) groups excluding carboxylic acids is 6. The maximum absolute atomic E-state index is 14.3. The zero-order chi connectivity index (χ0) is 79.0. The molecule has 8 aromatic rings. The second-order valence-corrected chi connectivity index (χ2v) is 44.2. The Hall–Kier alpha value is -6.30. The van der Waals surface area contributed by atoms with Crippen LogP contribution in [0.2, 0.25) is 0 Å². The molecule has 4 aromatic carbocycles. The number of amides is 6. The Morgan fingerprint density at radius 3 is 1.14 bits per heavy atom. The number of nitrogens with zero attached hydrogens (tertiary/aromatic N) is 8. The van der Waals surface area contributed by atoms with Crippen molar-refractivity contribution in [2.24, 2.45) is 11.8 Å². The quantitative estimate of drug-likeness (QED) is 0.0261. The van der Waals surface area contributed by atoms with Gasteiger partial charge < -0.3 is 50.0 Å². The standard InChI is InChI=1S/2C41H54N6O5S2.2HI.V/c2*1-30(2)39-43-35(28-53-39)26-46(3)40(49)45-37(16-17-47-18-20-51-21-19-47)38(48)24-33(22-31-10-6-4-7-11-31)14-15-34(23-32-12-8-5-9-13-32)44-41(50)52-27-36-25-42-29-54-36;;;/h2*4-13,25,28-30,33-34,37H,14-24,26-27H2,1-3H3,(H,44,50)(H,45,49);2*1H;/q;;;;+2/p-2/t33-,34-,37?;33-,34-,37-;;;/m11.../s1. The van der Waals surface area contributed by atoms with E-state index in [2.05, 4.69) is 157 Å². The molecule has 4 N–H and O–H groups in total. The van der Waals surface area contributed by atoms with Gasteiger partial charge in [0.05, 0.1) is 93.8 Å². The Morgan fingerprint density at radius 2 is 0.829 bits per heavy atom. The van der Waals surface area contributed by atoms with Crippen LogP contribution in [0.5, 0.6) is 0 Å². The molecule has 6 amide bonds. The third kappa shape index (κ3) is 34.7. The first-order chi connectivity index (χ1) is 53.8. The van der Waals surface area contributed by atoms with Crippen molar-refractivity contribution < 1.29 is 57.2 Å². The maximum atomic E-state index is 14.3. The zero-order valence-electron chi connectivity index (χ0n) is 64.5. The van der Waals surface area contributed by atoms with E-state index in [0.717, 1.165) is 79.6 Å². The molecule has 6 heterocycles. The van der Waals surface area contributed by atoms with Crippen molar-refractivity contribution in [3.63, 3.8) is 0 Å². The molecule has 599 valence electrons. The van der Waals surface area contributed by atoms with Gasteiger partial charge in [0.1, 0.15) is 13.2 Å². The summed E-state index contributed by atoms with van der Waals surface area (Å²) in [6, 6.07) is 38.2. The predicted molar refractivity (Wildman–Crippen MR) is 455 cm³/mol. The Balaban J connectivity index is 0.000000269. The average molecular weight is 1850 g/mol. The van der Waals surface area contributed by atoms with Gasteiger partial charge in [-0.2, -0.15) is 0 Å². The molecule has 111 heavy (non-hydrogen) atoms. The van der Waals surface area contributed by atoms with E-state index in [0.29, 0.717) is 151 Å². The minimum absolute atomic E-state index is 0.0122. The fourth-order valence-corrected chi connectivity index (χ4v) is 15.8. The number of carbonyl (C=O) groups is 6. The van der Waals surface area contributed by atoms with Gasteiger partial charge in [-0.25, -0.2) is 29.1 Å². The van der Waals surface area contributed by atoms with Crippen LogP contribution in [-0.2, 0) is 90.0 Å². The normalized spacial score (nSPS) is 14.7. The van der Waals surface area contributed by atoms with Gasteiger partial charge in [-0.15, -0.1) is 45.3 Å². The van der Waals surface area contributed by atoms with Crippen molar-refractivity contribution in [2.75, 3.05) is 79.8 Å². The third-order valence-corrected chi connectivity index (χ3v) is 23.1. The van der Waals surface area contributed by atoms with Gasteiger partial charge in [-0.3, -0.25) is 29.4 Å². The second-order valence-electron chi connectivity index (χ2n) is 28.7. The van der Waals surface area contributed by atoms with E-state index >= 15 is 0 Å². The van der Waals surface area contributed by atoms with Crippen LogP contribution in [0, 0.1) is 11.8 Å². The van der Waals surface area contributed by atoms with Crippen LogP contribution in [0.3, 0.4) is 0 Å². The van der Waals surface area contributed by atoms with Crippen molar-refractivity contribution in [1.29, 1.82) is 0 Å². The molecule has 22 nitrogen and oxygen atoms in total. The van der Waals surface area contributed by atoms with Gasteiger partial charge in [0.15, 0.2) is 11.6 Å². The van der Waals surface area contributed by atoms with Gasteiger partial charge in [-0.1, -0.05) is 149 Å². The number of rotatable bonds is 40. The van der Waals surface area contributed by atoms with Crippen molar-refractivity contribution in [1.82, 2.24) is 60.8 Å². The summed E-state index contributed by atoms with van der Waals surface area (Å²) in [5, 5.41) is 18.5. The van der Waals surface area contributed by atoms with Crippen LogP contribution in [0.4, 0.5) is 19.2 Å². The number of morpholine rings is 2. The van der Waals surface area contributed by atoms with Gasteiger partial charge in [0.2, 0.25) is 0 Å². The van der Waals surface area contributed by atoms with Crippen molar-refractivity contribution in [3.8, 4) is 0 Å². The molecule has 0 bridgehead atoms. The fourth-order valence-electron chi connectivity index (χ4n) is 13.1. The summed E-state index contributed by atoms with van der Waals surface area (Å²) in [6.07, 6.45) is 9.39. The van der Waals surface area contributed by atoms with E-state index in [-0.39, 0.29) is 60.8 Å². The number of halogens is 2. The Morgan fingerprint density at radius 1 is 0.486 bits per heavy atom. The number of nitrogens with one attached hydrogen (secondary N) is 4. The van der Waals surface area contributed by atoms with Gasteiger partial charge in [0.25, 0.3) is 0 Å². The van der Waals surface area contributed by atoms with Crippen molar-refractivity contribution in [3.05, 3.63) is 209 Å². The second kappa shape index (κ2) is 50.8. The van der Waals surface area contributed by atoms with E-state index in [4.69, 9.17) is 28.9 Å². The van der Waals surface area contributed by atoms with E-state index in [1.807, 2.05) is 83.6 Å². The zero-order valence-corrected chi connectivity index (χ0v) is 73.5. The molecule has 2 saturated heterocycles. The van der Waals surface area contributed by atoms with Gasteiger partial charge in [-0.05, 0) is 98.3 Å². The number of thiazole rings is 4. The number of alkyl carbamates (subject to hydrolysis) is 2. The van der Waals surface area contributed by atoms with Gasteiger partial charge in [0, 0.05) is 113 Å². The van der Waals surface area contributed by atoms with Crippen LogP contribution in [0.15, 0.2) is 156 Å². The Kier molecular flexibility index (Phi) is 41.3. The monoisotopic (exact) mass is 1850 g/mol. The molecule has 2 aliphatic heterocycles. The molecule has 6 atom stereocenters. The summed E-state index contributed by atoms with van der Waals surface area (Å²) >= 11 is 10.8. The average Bonchev–Trinajstić information content (AvgIpc) is 1.83. The fraction of sp³-hybridized carbons (Fsp3) is 0.488. The molecule has 0 aliphatic carbocycles. The van der Waals surface area contributed by atoms with Gasteiger partial charge >= 0.3 is 73.7 Å². The Bertz CT molecular complexity index is 3690. The number of benzene rings is 4. The summed E-state index contributed by atoms with van der Waals surface area (Å²) in [7, 11) is 4.11. The number of ketones is 2. The first-order valence-corrected chi connectivity index (χ1v) is 50.6. The molecule has 2 aliphatic rings. The first kappa shape index (κ1) is 90.2. The number of Topliss-reactive ketones (excluding diaryl/α,β-unsaturated/α-hetero) is 2. The summed E-state index contributed by atoms with van der Waals surface area (Å²) in [5.74, 6) is 0.635. The van der Waals surface area contributed by atoms with Crippen LogP contribution in [0.25, 0.3) is 0 Å². The molecule has 10 rings (SSSR count). The molecule has 4 aromatic heterocycles. The number of urea groups is 2. The van der Waals surface area contributed by atoms with Crippen LogP contribution >= 0.6 is 85.3 Å². The SMILES string of the molecule is CC(C)c1nc(CN(C)C(=O)NC(CCN2CCOCC2)C(=O)C[C@H](CC[C@H](Cc2ccccc2)NC(=O)OCc2cncs2)Cc2ccccc2)cs1.CC(C)c1nc(CN(C)C(=O)N[C@H](CCN2CCOCC2)C(=O)C[C@H](CC[C@H](Cc2ccccc2)NC(=O)OCc2cncs2)Cc2ccccc2)cs1.[I][V][I]. The molecule has 1 unspecified atom stereocenters. The summed E-state index contributed by atoms with van der Waals surface area (Å²) in [5.41, 5.74) is 9.60. The topological polar surface area (TPSA) is 252 Å². The summed E-state index contributed by atoms with van der Waals surface area (Å²) in [4.78, 5) is 109. The van der Waals surface area contributed by atoms with E-state index < -0.39 is 24.3 Å². The number of aromatic nitrogens is 4.